The first kappa shape index (κ1) is 13.1. The molecule has 1 fully saturated rings. The van der Waals surface area contributed by atoms with Crippen LogP contribution in [0, 0.1) is 5.41 Å². The lowest BCUT2D eigenvalue weighted by Crippen LogP contribution is -2.12. The number of ether oxygens (including phenoxy) is 1. The summed E-state index contributed by atoms with van der Waals surface area (Å²) in [4.78, 5) is 8.84. The zero-order valence-electron chi connectivity index (χ0n) is 11.6. The quantitative estimate of drug-likeness (QED) is 0.811. The van der Waals surface area contributed by atoms with Crippen LogP contribution in [-0.4, -0.2) is 29.7 Å². The van der Waals surface area contributed by atoms with Crippen LogP contribution >= 0.6 is 0 Å². The van der Waals surface area contributed by atoms with Crippen molar-refractivity contribution in [2.45, 2.75) is 39.8 Å². The Morgan fingerprint density at radius 3 is 2.61 bits per heavy atom. The second kappa shape index (κ2) is 5.10. The molecule has 1 aliphatic carbocycles. The summed E-state index contributed by atoms with van der Waals surface area (Å²) >= 11 is 0. The van der Waals surface area contributed by atoms with Gasteiger partial charge >= 0.3 is 0 Å². The molecule has 0 amide bonds. The number of nitrogens with zero attached hydrogens (tertiary/aromatic N) is 2. The molecule has 1 unspecified atom stereocenters. The zero-order chi connectivity index (χ0) is 13.2. The highest BCUT2D eigenvalue weighted by Crippen LogP contribution is 2.46. The van der Waals surface area contributed by atoms with Gasteiger partial charge in [-0.1, -0.05) is 13.8 Å². The third-order valence-corrected chi connectivity index (χ3v) is 3.30. The zero-order valence-corrected chi connectivity index (χ0v) is 11.6. The Hall–Kier alpha value is -1.36. The van der Waals surface area contributed by atoms with Crippen molar-refractivity contribution in [3.63, 3.8) is 0 Å². The van der Waals surface area contributed by atoms with Crippen molar-refractivity contribution < 1.29 is 4.74 Å². The van der Waals surface area contributed by atoms with Gasteiger partial charge in [0.05, 0.1) is 0 Å². The highest BCUT2D eigenvalue weighted by atomic mass is 16.5. The van der Waals surface area contributed by atoms with Crippen molar-refractivity contribution in [2.75, 3.05) is 24.3 Å². The molecule has 1 aromatic heterocycles. The molecule has 1 aromatic rings. The summed E-state index contributed by atoms with van der Waals surface area (Å²) in [6.45, 7) is 7.60. The highest BCUT2D eigenvalue weighted by Gasteiger charge is 2.45. The second-order valence-electron chi connectivity index (χ2n) is 5.33. The largest absolute Gasteiger partial charge is 0.374 e. The molecule has 18 heavy (non-hydrogen) atoms. The minimum Gasteiger partial charge on any atom is -0.374 e. The third kappa shape index (κ3) is 3.10. The van der Waals surface area contributed by atoms with Crippen LogP contribution in [0.2, 0.25) is 0 Å². The molecule has 5 nitrogen and oxygen atoms in total. The van der Waals surface area contributed by atoms with Crippen LogP contribution in [0.1, 0.15) is 33.0 Å². The number of aromatic nitrogens is 2. The van der Waals surface area contributed by atoms with Crippen LogP contribution in [0.15, 0.2) is 6.07 Å². The molecule has 100 valence electrons. The van der Waals surface area contributed by atoms with Crippen LogP contribution < -0.4 is 10.6 Å². The van der Waals surface area contributed by atoms with E-state index in [1.165, 1.54) is 6.42 Å². The van der Waals surface area contributed by atoms with Crippen molar-refractivity contribution in [3.8, 4) is 0 Å². The van der Waals surface area contributed by atoms with Crippen LogP contribution in [0.4, 0.5) is 11.6 Å². The highest BCUT2D eigenvalue weighted by molar-refractivity contribution is 5.49. The van der Waals surface area contributed by atoms with E-state index in [1.54, 1.807) is 0 Å². The number of hydrogen-bond donors (Lipinski definition) is 2. The predicted molar refractivity (Wildman–Crippen MR) is 72.7 cm³/mol. The average molecular weight is 250 g/mol. The Morgan fingerprint density at radius 2 is 2.06 bits per heavy atom. The van der Waals surface area contributed by atoms with Gasteiger partial charge in [0.1, 0.15) is 18.2 Å². The first-order valence-electron chi connectivity index (χ1n) is 6.45. The lowest BCUT2D eigenvalue weighted by molar-refractivity contribution is 0.128. The van der Waals surface area contributed by atoms with Gasteiger partial charge in [-0.3, -0.25) is 0 Å². The number of hydrogen-bond acceptors (Lipinski definition) is 5. The molecule has 0 saturated heterocycles. The van der Waals surface area contributed by atoms with E-state index >= 15 is 0 Å². The average Bonchev–Trinajstić information content (AvgIpc) is 2.93. The van der Waals surface area contributed by atoms with Crippen molar-refractivity contribution >= 4 is 11.6 Å². The summed E-state index contributed by atoms with van der Waals surface area (Å²) in [6.07, 6.45) is 1.19. The normalized spacial score (nSPS) is 20.6. The first-order valence-corrected chi connectivity index (χ1v) is 6.45. The molecule has 0 bridgehead atoms. The maximum absolute atomic E-state index is 5.36. The van der Waals surface area contributed by atoms with Crippen LogP contribution in [0.25, 0.3) is 0 Å². The van der Waals surface area contributed by atoms with Gasteiger partial charge in [0.25, 0.3) is 0 Å². The number of rotatable bonds is 6. The summed E-state index contributed by atoms with van der Waals surface area (Å²) in [6, 6.07) is 2.45. The molecule has 5 heteroatoms. The van der Waals surface area contributed by atoms with E-state index in [-0.39, 0.29) is 0 Å². The van der Waals surface area contributed by atoms with E-state index in [4.69, 9.17) is 4.74 Å². The van der Waals surface area contributed by atoms with Gasteiger partial charge in [0.2, 0.25) is 0 Å². The Labute approximate surface area is 108 Å². The van der Waals surface area contributed by atoms with Crippen molar-refractivity contribution in [1.82, 2.24) is 9.97 Å². The fourth-order valence-electron chi connectivity index (χ4n) is 1.85. The molecule has 1 heterocycles. The van der Waals surface area contributed by atoms with Crippen LogP contribution in [-0.2, 0) is 11.3 Å². The fraction of sp³-hybridized carbons (Fsp3) is 0.692. The molecule has 2 N–H and O–H groups in total. The first-order chi connectivity index (χ1) is 8.55. The summed E-state index contributed by atoms with van der Waals surface area (Å²) in [5.41, 5.74) is 0.380. The molecular weight excluding hydrogens is 228 g/mol. The van der Waals surface area contributed by atoms with Gasteiger partial charge in [0, 0.05) is 25.8 Å². The van der Waals surface area contributed by atoms with E-state index in [1.807, 2.05) is 20.0 Å². The number of nitrogens with one attached hydrogen (secondary N) is 2. The molecule has 0 radical (unpaired) electrons. The van der Waals surface area contributed by atoms with E-state index < -0.39 is 0 Å². The molecule has 1 saturated carbocycles. The van der Waals surface area contributed by atoms with Crippen LogP contribution in [0.5, 0.6) is 0 Å². The lowest BCUT2D eigenvalue weighted by Gasteiger charge is -2.11. The molecule has 0 aliphatic heterocycles. The van der Waals surface area contributed by atoms with E-state index in [9.17, 15) is 0 Å². The fourth-order valence-corrected chi connectivity index (χ4v) is 1.85. The molecule has 1 atom stereocenters. The second-order valence-corrected chi connectivity index (χ2v) is 5.33. The predicted octanol–water partition coefficient (Wildman–Crippen LogP) is 2.27. The van der Waals surface area contributed by atoms with Gasteiger partial charge < -0.3 is 15.4 Å². The maximum Gasteiger partial charge on any atom is 0.158 e. The Morgan fingerprint density at radius 1 is 1.39 bits per heavy atom. The van der Waals surface area contributed by atoms with E-state index in [0.29, 0.717) is 30.5 Å². The SMILES string of the molecule is CCOCc1nc(NC)cc(NC2CC2(C)C)n1. The van der Waals surface area contributed by atoms with Crippen molar-refractivity contribution in [3.05, 3.63) is 11.9 Å². The molecular formula is C13H22N4O. The van der Waals surface area contributed by atoms with Gasteiger partial charge in [-0.25, -0.2) is 9.97 Å². The van der Waals surface area contributed by atoms with Gasteiger partial charge in [-0.15, -0.1) is 0 Å². The van der Waals surface area contributed by atoms with E-state index in [0.717, 1.165) is 11.6 Å². The summed E-state index contributed by atoms with van der Waals surface area (Å²) < 4.78 is 5.36. The van der Waals surface area contributed by atoms with Gasteiger partial charge in [-0.05, 0) is 18.8 Å². The van der Waals surface area contributed by atoms with E-state index in [2.05, 4.69) is 34.4 Å². The smallest absolute Gasteiger partial charge is 0.158 e. The third-order valence-electron chi connectivity index (χ3n) is 3.30. The molecule has 2 rings (SSSR count). The minimum absolute atomic E-state index is 0.380. The van der Waals surface area contributed by atoms with Crippen molar-refractivity contribution in [2.24, 2.45) is 5.41 Å². The lowest BCUT2D eigenvalue weighted by atomic mass is 10.2. The Kier molecular flexibility index (Phi) is 3.71. The Bertz CT molecular complexity index is 419. The Balaban J connectivity index is 2.08. The maximum atomic E-state index is 5.36. The molecule has 0 spiro atoms. The van der Waals surface area contributed by atoms with Gasteiger partial charge in [-0.2, -0.15) is 0 Å². The summed E-state index contributed by atoms with van der Waals surface area (Å²) in [5, 5.41) is 6.50. The molecule has 1 aliphatic rings. The summed E-state index contributed by atoms with van der Waals surface area (Å²) in [5.74, 6) is 2.41. The van der Waals surface area contributed by atoms with Gasteiger partial charge in [0.15, 0.2) is 5.82 Å². The molecule has 0 aromatic carbocycles. The topological polar surface area (TPSA) is 59.1 Å². The standard InChI is InChI=1S/C13H22N4O/c1-5-18-8-12-16-10(14-4)6-11(17-12)15-9-7-13(9,2)3/h6,9H,5,7-8H2,1-4H3,(H2,14,15,16,17). The van der Waals surface area contributed by atoms with Crippen molar-refractivity contribution in [1.29, 1.82) is 0 Å². The minimum atomic E-state index is 0.380. The monoisotopic (exact) mass is 250 g/mol. The van der Waals surface area contributed by atoms with Crippen LogP contribution in [0.3, 0.4) is 0 Å². The summed E-state index contributed by atoms with van der Waals surface area (Å²) in [7, 11) is 1.86. The number of anilines is 2.